The van der Waals surface area contributed by atoms with Crippen LogP contribution in [0.4, 0.5) is 10.5 Å². The second-order valence-corrected chi connectivity index (χ2v) is 11.2. The van der Waals surface area contributed by atoms with Gasteiger partial charge in [-0.05, 0) is 77.4 Å². The van der Waals surface area contributed by atoms with Crippen LogP contribution in [0.3, 0.4) is 0 Å². The zero-order valence-electron chi connectivity index (χ0n) is 23.8. The number of nitrogens with zero attached hydrogens (tertiary/aromatic N) is 1. The van der Waals surface area contributed by atoms with Crippen molar-refractivity contribution in [1.82, 2.24) is 5.32 Å². The molecule has 0 bridgehead atoms. The van der Waals surface area contributed by atoms with E-state index >= 15 is 0 Å². The Balaban J connectivity index is 1.25. The Labute approximate surface area is 262 Å². The molecule has 0 unspecified atom stereocenters. The van der Waals surface area contributed by atoms with Crippen molar-refractivity contribution in [1.29, 1.82) is 0 Å². The number of hydrogen-bond acceptors (Lipinski definition) is 5. The van der Waals surface area contributed by atoms with Gasteiger partial charge in [0.1, 0.15) is 30.3 Å². The van der Waals surface area contributed by atoms with Gasteiger partial charge in [0.05, 0.1) is 5.69 Å². The third kappa shape index (κ3) is 6.11. The molecule has 1 heterocycles. The fraction of sp³-hybridized carbons (Fsp3) is 0.0833. The number of carbonyl (C=O) groups excluding carboxylic acids is 3. The van der Waals surface area contributed by atoms with E-state index in [1.54, 1.807) is 36.4 Å². The maximum atomic E-state index is 13.6. The normalized spacial score (nSPS) is 14.2. The summed E-state index contributed by atoms with van der Waals surface area (Å²) in [5.41, 5.74) is 3.76. The summed E-state index contributed by atoms with van der Waals surface area (Å²) < 4.78 is 12.8. The fourth-order valence-corrected chi connectivity index (χ4v) is 5.41. The van der Waals surface area contributed by atoms with Gasteiger partial charge in [0.25, 0.3) is 11.8 Å². The molecule has 1 saturated heterocycles. The lowest BCUT2D eigenvalue weighted by Gasteiger charge is -2.26. The van der Waals surface area contributed by atoms with Gasteiger partial charge >= 0.3 is 6.03 Å². The van der Waals surface area contributed by atoms with Gasteiger partial charge in [0, 0.05) is 15.6 Å². The van der Waals surface area contributed by atoms with E-state index in [-0.39, 0.29) is 12.2 Å². The highest BCUT2D eigenvalue weighted by Gasteiger charge is 2.37. The highest BCUT2D eigenvalue weighted by atomic mass is 79.9. The number of urea groups is 1. The summed E-state index contributed by atoms with van der Waals surface area (Å²) in [6.45, 7) is 2.70. The zero-order valence-corrected chi connectivity index (χ0v) is 25.3. The molecule has 4 amide bonds. The van der Waals surface area contributed by atoms with Gasteiger partial charge in [-0.2, -0.15) is 0 Å². The molecule has 5 aromatic carbocycles. The molecular formula is C36H27BrN2O5. The Hall–Kier alpha value is -5.21. The number of benzene rings is 5. The number of rotatable bonds is 8. The summed E-state index contributed by atoms with van der Waals surface area (Å²) in [4.78, 5) is 40.3. The second-order valence-electron chi connectivity index (χ2n) is 10.3. The molecule has 5 aromatic rings. The predicted molar refractivity (Wildman–Crippen MR) is 173 cm³/mol. The third-order valence-electron chi connectivity index (χ3n) is 7.36. The maximum Gasteiger partial charge on any atom is 0.335 e. The smallest absolute Gasteiger partial charge is 0.335 e. The van der Waals surface area contributed by atoms with E-state index in [2.05, 4.69) is 45.5 Å². The quantitative estimate of drug-likeness (QED) is 0.138. The van der Waals surface area contributed by atoms with E-state index < -0.39 is 17.8 Å². The molecule has 8 heteroatoms. The van der Waals surface area contributed by atoms with Crippen LogP contribution in [0, 0.1) is 6.92 Å². The molecule has 0 atom stereocenters. The van der Waals surface area contributed by atoms with Gasteiger partial charge in [0.2, 0.25) is 0 Å². The SMILES string of the molecule is Cc1ccc2ccccc2c1COc1ccc(Br)cc1/C=C1\C(=O)NC(=O)N(c2ccc(OCc3ccccc3)cc2)C1=O. The maximum absolute atomic E-state index is 13.6. The molecule has 0 aromatic heterocycles. The number of hydrogen-bond donors (Lipinski definition) is 1. The second kappa shape index (κ2) is 12.6. The first-order valence-corrected chi connectivity index (χ1v) is 14.7. The fourth-order valence-electron chi connectivity index (χ4n) is 5.03. The average Bonchev–Trinajstić information content (AvgIpc) is 3.03. The van der Waals surface area contributed by atoms with Crippen LogP contribution in [0.5, 0.6) is 11.5 Å². The van der Waals surface area contributed by atoms with Crippen molar-refractivity contribution >= 4 is 56.3 Å². The van der Waals surface area contributed by atoms with Crippen LogP contribution >= 0.6 is 15.9 Å². The number of aryl methyl sites for hydroxylation is 1. The Morgan fingerprint density at radius 3 is 2.34 bits per heavy atom. The first-order chi connectivity index (χ1) is 21.4. The van der Waals surface area contributed by atoms with E-state index in [1.165, 1.54) is 6.08 Å². The van der Waals surface area contributed by atoms with E-state index in [9.17, 15) is 14.4 Å². The summed E-state index contributed by atoms with van der Waals surface area (Å²) in [5, 5.41) is 4.49. The molecule has 1 fully saturated rings. The minimum absolute atomic E-state index is 0.196. The van der Waals surface area contributed by atoms with Crippen molar-refractivity contribution in [3.8, 4) is 11.5 Å². The largest absolute Gasteiger partial charge is 0.489 e. The summed E-state index contributed by atoms with van der Waals surface area (Å²) in [7, 11) is 0. The number of imide groups is 2. The van der Waals surface area contributed by atoms with E-state index in [0.29, 0.717) is 29.4 Å². The van der Waals surface area contributed by atoms with Crippen LogP contribution in [0.2, 0.25) is 0 Å². The van der Waals surface area contributed by atoms with E-state index in [1.807, 2.05) is 55.5 Å². The number of fused-ring (bicyclic) bond motifs is 1. The van der Waals surface area contributed by atoms with Crippen molar-refractivity contribution in [2.45, 2.75) is 20.1 Å². The number of anilines is 1. The minimum atomic E-state index is -0.827. The number of barbiturate groups is 1. The monoisotopic (exact) mass is 646 g/mol. The summed E-state index contributed by atoms with van der Waals surface area (Å²) in [6.07, 6.45) is 1.45. The summed E-state index contributed by atoms with van der Waals surface area (Å²) in [5.74, 6) is -0.467. The number of nitrogens with one attached hydrogen (secondary N) is 1. The van der Waals surface area contributed by atoms with Gasteiger partial charge in [-0.1, -0.05) is 82.7 Å². The molecule has 7 nitrogen and oxygen atoms in total. The summed E-state index contributed by atoms with van der Waals surface area (Å²) in [6, 6.07) is 33.1. The molecule has 44 heavy (non-hydrogen) atoms. The number of halogens is 1. The topological polar surface area (TPSA) is 84.9 Å². The predicted octanol–water partition coefficient (Wildman–Crippen LogP) is 7.74. The molecule has 1 N–H and O–H groups in total. The van der Waals surface area contributed by atoms with Crippen molar-refractivity contribution in [3.05, 3.63) is 141 Å². The van der Waals surface area contributed by atoms with Crippen molar-refractivity contribution < 1.29 is 23.9 Å². The molecule has 1 aliphatic rings. The van der Waals surface area contributed by atoms with Crippen LogP contribution in [0.25, 0.3) is 16.8 Å². The molecule has 0 spiro atoms. The lowest BCUT2D eigenvalue weighted by molar-refractivity contribution is -0.122. The number of amides is 4. The molecule has 0 saturated carbocycles. The number of carbonyl (C=O) groups is 3. The van der Waals surface area contributed by atoms with Crippen LogP contribution in [0.15, 0.2) is 119 Å². The van der Waals surface area contributed by atoms with Crippen LogP contribution in [0.1, 0.15) is 22.3 Å². The van der Waals surface area contributed by atoms with Crippen molar-refractivity contribution in [3.63, 3.8) is 0 Å². The molecular weight excluding hydrogens is 620 g/mol. The lowest BCUT2D eigenvalue weighted by Crippen LogP contribution is -2.54. The third-order valence-corrected chi connectivity index (χ3v) is 7.86. The molecule has 0 radical (unpaired) electrons. The van der Waals surface area contributed by atoms with Crippen LogP contribution < -0.4 is 19.7 Å². The first kappa shape index (κ1) is 28.9. The Bertz CT molecular complexity index is 1920. The lowest BCUT2D eigenvalue weighted by atomic mass is 10.0. The molecule has 6 rings (SSSR count). The number of ether oxygens (including phenoxy) is 2. The summed E-state index contributed by atoms with van der Waals surface area (Å²) >= 11 is 3.48. The Morgan fingerprint density at radius 1 is 0.795 bits per heavy atom. The Morgan fingerprint density at radius 2 is 1.55 bits per heavy atom. The van der Waals surface area contributed by atoms with E-state index in [0.717, 1.165) is 36.8 Å². The standard InChI is InChI=1S/C36H27BrN2O5/c1-23-11-12-25-9-5-6-10-30(25)32(23)22-44-33-18-13-27(37)19-26(33)20-31-34(40)38-36(42)39(35(31)41)28-14-16-29(17-15-28)43-21-24-7-3-2-4-8-24/h2-20H,21-22H2,1H3,(H,38,40,42)/b31-20+. The van der Waals surface area contributed by atoms with Gasteiger partial charge in [-0.25, -0.2) is 9.69 Å². The highest BCUT2D eigenvalue weighted by Crippen LogP contribution is 2.31. The van der Waals surface area contributed by atoms with Gasteiger partial charge in [0.15, 0.2) is 0 Å². The van der Waals surface area contributed by atoms with E-state index in [4.69, 9.17) is 9.47 Å². The van der Waals surface area contributed by atoms with Crippen LogP contribution in [-0.2, 0) is 22.8 Å². The average molecular weight is 648 g/mol. The highest BCUT2D eigenvalue weighted by molar-refractivity contribution is 9.10. The van der Waals surface area contributed by atoms with Crippen molar-refractivity contribution in [2.24, 2.45) is 0 Å². The Kier molecular flexibility index (Phi) is 8.25. The van der Waals surface area contributed by atoms with Crippen molar-refractivity contribution in [2.75, 3.05) is 4.90 Å². The van der Waals surface area contributed by atoms with Gasteiger partial charge in [-0.15, -0.1) is 0 Å². The van der Waals surface area contributed by atoms with Crippen LogP contribution in [-0.4, -0.2) is 17.8 Å². The molecule has 218 valence electrons. The van der Waals surface area contributed by atoms with Gasteiger partial charge in [-0.3, -0.25) is 14.9 Å². The zero-order chi connectivity index (χ0) is 30.6. The first-order valence-electron chi connectivity index (χ1n) is 14.0. The van der Waals surface area contributed by atoms with Gasteiger partial charge < -0.3 is 9.47 Å². The molecule has 0 aliphatic carbocycles. The molecule has 1 aliphatic heterocycles. The minimum Gasteiger partial charge on any atom is -0.489 e.